The van der Waals surface area contributed by atoms with Crippen LogP contribution >= 0.6 is 0 Å². The number of aromatic nitrogens is 4. The summed E-state index contributed by atoms with van der Waals surface area (Å²) >= 11 is 0. The van der Waals surface area contributed by atoms with Crippen LogP contribution in [0.4, 0.5) is 0 Å². The standard InChI is InChI=1S/C22H22N4O2/c1-5-20-24-21-19(13-23-26(21)17-7-6-14(2)15(3)12-17)22(27)25(20)16-8-10-18(28-4)11-9-16/h6-13H,5H2,1-4H3. The van der Waals surface area contributed by atoms with Crippen molar-refractivity contribution in [2.45, 2.75) is 27.2 Å². The highest BCUT2D eigenvalue weighted by atomic mass is 16.5. The average Bonchev–Trinajstić information content (AvgIpc) is 3.14. The smallest absolute Gasteiger partial charge is 0.269 e. The van der Waals surface area contributed by atoms with Gasteiger partial charge in [-0.2, -0.15) is 5.10 Å². The van der Waals surface area contributed by atoms with Crippen molar-refractivity contribution in [1.82, 2.24) is 19.3 Å². The zero-order valence-electron chi connectivity index (χ0n) is 16.4. The Hall–Kier alpha value is -3.41. The second kappa shape index (κ2) is 6.96. The topological polar surface area (TPSA) is 61.9 Å². The Kier molecular flexibility index (Phi) is 4.47. The molecule has 0 aliphatic heterocycles. The van der Waals surface area contributed by atoms with Crippen molar-refractivity contribution in [2.24, 2.45) is 0 Å². The van der Waals surface area contributed by atoms with Gasteiger partial charge in [0.1, 0.15) is 17.0 Å². The lowest BCUT2D eigenvalue weighted by atomic mass is 10.1. The second-order valence-electron chi connectivity index (χ2n) is 6.78. The van der Waals surface area contributed by atoms with Crippen molar-refractivity contribution >= 4 is 11.0 Å². The minimum absolute atomic E-state index is 0.123. The van der Waals surface area contributed by atoms with Crippen LogP contribution in [0.3, 0.4) is 0 Å². The fraction of sp³-hybridized carbons (Fsp3) is 0.227. The molecule has 6 nitrogen and oxygen atoms in total. The lowest BCUT2D eigenvalue weighted by Gasteiger charge is -2.13. The molecule has 0 aliphatic rings. The Morgan fingerprint density at radius 3 is 2.36 bits per heavy atom. The minimum Gasteiger partial charge on any atom is -0.497 e. The van der Waals surface area contributed by atoms with Crippen LogP contribution in [0.1, 0.15) is 23.9 Å². The van der Waals surface area contributed by atoms with Gasteiger partial charge >= 0.3 is 0 Å². The molecule has 2 heterocycles. The van der Waals surface area contributed by atoms with Crippen LogP contribution in [0.2, 0.25) is 0 Å². The van der Waals surface area contributed by atoms with E-state index in [0.717, 1.165) is 17.1 Å². The van der Waals surface area contributed by atoms with Crippen LogP contribution in [0, 0.1) is 13.8 Å². The predicted octanol–water partition coefficient (Wildman–Crippen LogP) is 3.76. The third kappa shape index (κ3) is 2.87. The average molecular weight is 374 g/mol. The molecule has 0 bridgehead atoms. The number of methoxy groups -OCH3 is 1. The first kappa shape index (κ1) is 18.0. The third-order valence-electron chi connectivity index (χ3n) is 5.05. The quantitative estimate of drug-likeness (QED) is 0.546. The van der Waals surface area contributed by atoms with Gasteiger partial charge in [-0.05, 0) is 61.4 Å². The maximum atomic E-state index is 13.3. The summed E-state index contributed by atoms with van der Waals surface area (Å²) in [4.78, 5) is 18.1. The van der Waals surface area contributed by atoms with Crippen LogP contribution < -0.4 is 10.3 Å². The summed E-state index contributed by atoms with van der Waals surface area (Å²) in [5.41, 5.74) is 4.50. The molecule has 0 N–H and O–H groups in total. The van der Waals surface area contributed by atoms with Gasteiger partial charge in [-0.25, -0.2) is 9.67 Å². The van der Waals surface area contributed by atoms with Crippen LogP contribution in [-0.4, -0.2) is 26.4 Å². The molecule has 28 heavy (non-hydrogen) atoms. The van der Waals surface area contributed by atoms with Crippen LogP contribution in [-0.2, 0) is 6.42 Å². The van der Waals surface area contributed by atoms with Gasteiger partial charge in [0.25, 0.3) is 5.56 Å². The Balaban J connectivity index is 1.94. The first-order chi connectivity index (χ1) is 13.5. The van der Waals surface area contributed by atoms with Gasteiger partial charge in [-0.3, -0.25) is 9.36 Å². The molecule has 0 saturated heterocycles. The van der Waals surface area contributed by atoms with E-state index in [2.05, 4.69) is 31.1 Å². The number of rotatable bonds is 4. The van der Waals surface area contributed by atoms with E-state index in [1.165, 1.54) is 11.1 Å². The molecule has 0 unspecified atom stereocenters. The fourth-order valence-corrected chi connectivity index (χ4v) is 3.29. The second-order valence-corrected chi connectivity index (χ2v) is 6.78. The third-order valence-corrected chi connectivity index (χ3v) is 5.05. The van der Waals surface area contributed by atoms with Crippen LogP contribution in [0.15, 0.2) is 53.5 Å². The maximum absolute atomic E-state index is 13.3. The summed E-state index contributed by atoms with van der Waals surface area (Å²) in [7, 11) is 1.62. The van der Waals surface area contributed by atoms with Crippen molar-refractivity contribution < 1.29 is 4.74 Å². The molecule has 2 aromatic carbocycles. The van der Waals surface area contributed by atoms with Crippen LogP contribution in [0.25, 0.3) is 22.4 Å². The zero-order chi connectivity index (χ0) is 19.8. The normalized spacial score (nSPS) is 11.1. The van der Waals surface area contributed by atoms with Crippen molar-refractivity contribution in [1.29, 1.82) is 0 Å². The predicted molar refractivity (Wildman–Crippen MR) is 110 cm³/mol. The number of hydrogen-bond donors (Lipinski definition) is 0. The fourth-order valence-electron chi connectivity index (χ4n) is 3.29. The first-order valence-corrected chi connectivity index (χ1v) is 9.25. The zero-order valence-corrected chi connectivity index (χ0v) is 16.4. The molecular formula is C22H22N4O2. The highest BCUT2D eigenvalue weighted by Crippen LogP contribution is 2.20. The number of fused-ring (bicyclic) bond motifs is 1. The Morgan fingerprint density at radius 2 is 1.71 bits per heavy atom. The van der Waals surface area contributed by atoms with Crippen molar-refractivity contribution in [2.75, 3.05) is 7.11 Å². The molecule has 0 amide bonds. The van der Waals surface area contributed by atoms with E-state index >= 15 is 0 Å². The minimum atomic E-state index is -0.123. The molecule has 0 radical (unpaired) electrons. The van der Waals surface area contributed by atoms with E-state index in [1.807, 2.05) is 37.3 Å². The highest BCUT2D eigenvalue weighted by Gasteiger charge is 2.16. The number of ether oxygens (including phenoxy) is 1. The first-order valence-electron chi connectivity index (χ1n) is 9.25. The van der Waals surface area contributed by atoms with Gasteiger partial charge < -0.3 is 4.74 Å². The van der Waals surface area contributed by atoms with E-state index in [4.69, 9.17) is 9.72 Å². The van der Waals surface area contributed by atoms with Gasteiger partial charge in [0.15, 0.2) is 5.65 Å². The van der Waals surface area contributed by atoms with Gasteiger partial charge in [-0.1, -0.05) is 13.0 Å². The summed E-state index contributed by atoms with van der Waals surface area (Å²) in [6.07, 6.45) is 2.22. The Labute approximate surface area is 163 Å². The number of aryl methyl sites for hydroxylation is 3. The summed E-state index contributed by atoms with van der Waals surface area (Å²) in [6.45, 7) is 6.12. The lowest BCUT2D eigenvalue weighted by molar-refractivity contribution is 0.414. The molecule has 0 fully saturated rings. The molecule has 4 rings (SSSR count). The van der Waals surface area contributed by atoms with Crippen molar-refractivity contribution in [3.05, 3.63) is 76.0 Å². The molecule has 0 spiro atoms. The van der Waals surface area contributed by atoms with E-state index in [-0.39, 0.29) is 5.56 Å². The van der Waals surface area contributed by atoms with Gasteiger partial charge in [0, 0.05) is 6.42 Å². The van der Waals surface area contributed by atoms with Crippen molar-refractivity contribution in [3.63, 3.8) is 0 Å². The van der Waals surface area contributed by atoms with Crippen LogP contribution in [0.5, 0.6) is 5.75 Å². The monoisotopic (exact) mass is 374 g/mol. The molecule has 4 aromatic rings. The number of hydrogen-bond acceptors (Lipinski definition) is 4. The Morgan fingerprint density at radius 1 is 1.00 bits per heavy atom. The van der Waals surface area contributed by atoms with E-state index in [9.17, 15) is 4.79 Å². The molecule has 0 aliphatic carbocycles. The van der Waals surface area contributed by atoms with Gasteiger partial charge in [0.2, 0.25) is 0 Å². The summed E-state index contributed by atoms with van der Waals surface area (Å²) in [5.74, 6) is 1.43. The molecule has 2 aromatic heterocycles. The summed E-state index contributed by atoms with van der Waals surface area (Å²) in [5, 5.41) is 4.95. The molecule has 0 saturated carbocycles. The lowest BCUT2D eigenvalue weighted by Crippen LogP contribution is -2.23. The van der Waals surface area contributed by atoms with Gasteiger partial charge in [-0.15, -0.1) is 0 Å². The number of benzene rings is 2. The largest absolute Gasteiger partial charge is 0.497 e. The van der Waals surface area contributed by atoms with E-state index in [0.29, 0.717) is 23.3 Å². The molecular weight excluding hydrogens is 352 g/mol. The van der Waals surface area contributed by atoms with E-state index < -0.39 is 0 Å². The molecule has 0 atom stereocenters. The number of nitrogens with zero attached hydrogens (tertiary/aromatic N) is 4. The maximum Gasteiger partial charge on any atom is 0.269 e. The molecule has 142 valence electrons. The SMILES string of the molecule is CCc1nc2c(cnn2-c2ccc(C)c(C)c2)c(=O)n1-c1ccc(OC)cc1. The van der Waals surface area contributed by atoms with E-state index in [1.54, 1.807) is 22.6 Å². The highest BCUT2D eigenvalue weighted by molar-refractivity contribution is 5.76. The Bertz CT molecular complexity index is 1220. The summed E-state index contributed by atoms with van der Waals surface area (Å²) in [6, 6.07) is 13.5. The van der Waals surface area contributed by atoms with Crippen molar-refractivity contribution in [3.8, 4) is 17.1 Å². The van der Waals surface area contributed by atoms with Gasteiger partial charge in [0.05, 0.1) is 24.7 Å². The summed E-state index contributed by atoms with van der Waals surface area (Å²) < 4.78 is 8.60. The molecule has 6 heteroatoms.